The summed E-state index contributed by atoms with van der Waals surface area (Å²) < 4.78 is 21.7. The maximum atomic E-state index is 5.53. The normalized spacial score (nSPS) is 14.4. The lowest BCUT2D eigenvalue weighted by Gasteiger charge is -2.25. The van der Waals surface area contributed by atoms with E-state index in [2.05, 4.69) is 15.0 Å². The van der Waals surface area contributed by atoms with Gasteiger partial charge in [0.15, 0.2) is 0 Å². The first kappa shape index (κ1) is 22.6. The van der Waals surface area contributed by atoms with Gasteiger partial charge in [-0.15, -0.1) is 0 Å². The largest absolute Gasteiger partial charge is 0.497 e. The highest BCUT2D eigenvalue weighted by Gasteiger charge is 2.17. The minimum absolute atomic E-state index is 0.468. The van der Waals surface area contributed by atoms with Crippen LogP contribution in [0.5, 0.6) is 11.5 Å². The number of para-hydroxylation sites is 1. The van der Waals surface area contributed by atoms with Crippen molar-refractivity contribution in [2.24, 2.45) is 0 Å². The fourth-order valence-corrected chi connectivity index (χ4v) is 4.65. The molecule has 4 aromatic rings. The van der Waals surface area contributed by atoms with Crippen molar-refractivity contribution >= 4 is 22.7 Å². The number of nitrogens with zero attached hydrogens (tertiary/aromatic N) is 5. The second kappa shape index (κ2) is 10.4. The molecule has 1 aliphatic rings. The van der Waals surface area contributed by atoms with Crippen LogP contribution in [-0.2, 0) is 17.0 Å². The summed E-state index contributed by atoms with van der Waals surface area (Å²) in [7, 11) is 3.21. The molecule has 0 unspecified atom stereocenters. The Bertz CT molecular complexity index is 1280. The highest BCUT2D eigenvalue weighted by molar-refractivity contribution is 7.98. The molecule has 2 aromatic carbocycles. The van der Waals surface area contributed by atoms with Crippen molar-refractivity contribution in [3.05, 3.63) is 54.2 Å². The Morgan fingerprint density at radius 1 is 1.00 bits per heavy atom. The van der Waals surface area contributed by atoms with Crippen molar-refractivity contribution in [1.29, 1.82) is 0 Å². The van der Waals surface area contributed by atoms with Gasteiger partial charge in [0, 0.05) is 24.5 Å². The molecule has 1 saturated heterocycles. The highest BCUT2D eigenvalue weighted by atomic mass is 32.2. The number of aromatic nitrogens is 4. The van der Waals surface area contributed by atoms with Crippen LogP contribution in [0, 0.1) is 0 Å². The number of hydrogen-bond acceptors (Lipinski definition) is 10. The van der Waals surface area contributed by atoms with Crippen LogP contribution in [0.15, 0.2) is 52.0 Å². The smallest absolute Gasteiger partial charge is 0.237 e. The Morgan fingerprint density at radius 3 is 2.68 bits per heavy atom. The predicted octanol–water partition coefficient (Wildman–Crippen LogP) is 3.82. The summed E-state index contributed by atoms with van der Waals surface area (Å²) in [5.74, 6) is 3.59. The molecular weight excluding hydrogens is 454 g/mol. The molecule has 10 heteroatoms. The minimum atomic E-state index is 0.468. The third kappa shape index (κ3) is 4.98. The van der Waals surface area contributed by atoms with E-state index in [0.29, 0.717) is 35.5 Å². The molecule has 176 valence electrons. The first-order chi connectivity index (χ1) is 16.7. The zero-order valence-electron chi connectivity index (χ0n) is 19.1. The number of fused-ring (bicyclic) bond motifs is 1. The van der Waals surface area contributed by atoms with Crippen molar-refractivity contribution in [3.8, 4) is 22.9 Å². The van der Waals surface area contributed by atoms with E-state index in [9.17, 15) is 0 Å². The van der Waals surface area contributed by atoms with Crippen LogP contribution in [0.1, 0.15) is 11.7 Å². The Hall–Kier alpha value is -3.21. The van der Waals surface area contributed by atoms with Crippen LogP contribution >= 0.6 is 11.8 Å². The molecule has 0 N–H and O–H groups in total. The molecular formula is C24H25N5O4S. The third-order valence-electron chi connectivity index (χ3n) is 5.53. The van der Waals surface area contributed by atoms with Crippen LogP contribution in [0.4, 0.5) is 0 Å². The van der Waals surface area contributed by atoms with Gasteiger partial charge in [0.25, 0.3) is 0 Å². The number of morpholine rings is 1. The number of hydrogen-bond donors (Lipinski definition) is 0. The van der Waals surface area contributed by atoms with Crippen LogP contribution in [0.2, 0.25) is 0 Å². The average Bonchev–Trinajstić information content (AvgIpc) is 3.36. The third-order valence-corrected chi connectivity index (χ3v) is 6.51. The quantitative estimate of drug-likeness (QED) is 0.274. The van der Waals surface area contributed by atoms with E-state index in [0.717, 1.165) is 53.6 Å². The van der Waals surface area contributed by atoms with Gasteiger partial charge in [-0.2, -0.15) is 4.98 Å². The van der Waals surface area contributed by atoms with Gasteiger partial charge in [0.05, 0.1) is 50.8 Å². The minimum Gasteiger partial charge on any atom is -0.497 e. The van der Waals surface area contributed by atoms with E-state index in [1.165, 1.54) is 0 Å². The summed E-state index contributed by atoms with van der Waals surface area (Å²) in [6.07, 6.45) is 0. The van der Waals surface area contributed by atoms with E-state index < -0.39 is 0 Å². The zero-order chi connectivity index (χ0) is 23.3. The first-order valence-corrected chi connectivity index (χ1v) is 12.0. The summed E-state index contributed by atoms with van der Waals surface area (Å²) in [6, 6.07) is 13.5. The van der Waals surface area contributed by atoms with Crippen molar-refractivity contribution in [3.63, 3.8) is 0 Å². The molecule has 0 aliphatic carbocycles. The molecule has 0 spiro atoms. The molecule has 0 radical (unpaired) electrons. The van der Waals surface area contributed by atoms with Gasteiger partial charge in [-0.25, -0.2) is 9.97 Å². The second-order valence-electron chi connectivity index (χ2n) is 7.72. The van der Waals surface area contributed by atoms with Crippen LogP contribution in [0.25, 0.3) is 22.3 Å². The SMILES string of the molecule is COc1ccc(-c2noc(CSc3nc(CN4CCOCC4)nc4ccccc34)n2)c(OC)c1. The summed E-state index contributed by atoms with van der Waals surface area (Å²) >= 11 is 1.56. The van der Waals surface area contributed by atoms with E-state index >= 15 is 0 Å². The molecule has 0 bridgehead atoms. The van der Waals surface area contributed by atoms with Gasteiger partial charge in [0.1, 0.15) is 22.3 Å². The van der Waals surface area contributed by atoms with E-state index in [-0.39, 0.29) is 0 Å². The molecule has 5 rings (SSSR count). The summed E-state index contributed by atoms with van der Waals surface area (Å²) in [6.45, 7) is 3.96. The number of benzene rings is 2. The number of thioether (sulfide) groups is 1. The Labute approximate surface area is 201 Å². The lowest BCUT2D eigenvalue weighted by molar-refractivity contribution is 0.0330. The number of methoxy groups -OCH3 is 2. The van der Waals surface area contributed by atoms with Crippen molar-refractivity contribution in [1.82, 2.24) is 25.0 Å². The van der Waals surface area contributed by atoms with Gasteiger partial charge < -0.3 is 18.7 Å². The molecule has 3 heterocycles. The first-order valence-electron chi connectivity index (χ1n) is 11.0. The fraction of sp³-hybridized carbons (Fsp3) is 0.333. The highest BCUT2D eigenvalue weighted by Crippen LogP contribution is 2.33. The molecule has 0 atom stereocenters. The van der Waals surface area contributed by atoms with Crippen molar-refractivity contribution < 1.29 is 18.7 Å². The summed E-state index contributed by atoms with van der Waals surface area (Å²) in [4.78, 5) is 16.5. The maximum absolute atomic E-state index is 5.53. The molecule has 9 nitrogen and oxygen atoms in total. The van der Waals surface area contributed by atoms with Crippen LogP contribution in [-0.4, -0.2) is 65.5 Å². The molecule has 1 fully saturated rings. The van der Waals surface area contributed by atoms with Crippen molar-refractivity contribution in [2.45, 2.75) is 17.3 Å². The van der Waals surface area contributed by atoms with Gasteiger partial charge in [-0.1, -0.05) is 35.1 Å². The van der Waals surface area contributed by atoms with Gasteiger partial charge in [-0.05, 0) is 18.2 Å². The summed E-state index contributed by atoms with van der Waals surface area (Å²) in [5, 5.41) is 6.06. The van der Waals surface area contributed by atoms with Gasteiger partial charge >= 0.3 is 0 Å². The zero-order valence-corrected chi connectivity index (χ0v) is 19.9. The average molecular weight is 480 g/mol. The number of ether oxygens (including phenoxy) is 3. The Kier molecular flexibility index (Phi) is 6.89. The van der Waals surface area contributed by atoms with E-state index in [1.54, 1.807) is 32.0 Å². The standard InChI is InChI=1S/C24H25N5O4S/c1-30-16-7-8-18(20(13-16)31-2)23-27-22(33-28-23)15-34-24-17-5-3-4-6-19(17)25-21(26-24)14-29-9-11-32-12-10-29/h3-8,13H,9-12,14-15H2,1-2H3. The molecule has 1 aliphatic heterocycles. The number of rotatable bonds is 8. The Morgan fingerprint density at radius 2 is 1.85 bits per heavy atom. The lowest BCUT2D eigenvalue weighted by atomic mass is 10.2. The molecule has 2 aromatic heterocycles. The van der Waals surface area contributed by atoms with E-state index in [4.69, 9.17) is 28.7 Å². The summed E-state index contributed by atoms with van der Waals surface area (Å²) in [5.41, 5.74) is 1.67. The molecule has 0 saturated carbocycles. The van der Waals surface area contributed by atoms with Gasteiger partial charge in [0.2, 0.25) is 11.7 Å². The van der Waals surface area contributed by atoms with Gasteiger partial charge in [-0.3, -0.25) is 4.90 Å². The van der Waals surface area contributed by atoms with Crippen LogP contribution < -0.4 is 9.47 Å². The maximum Gasteiger partial charge on any atom is 0.237 e. The Balaban J connectivity index is 1.35. The monoisotopic (exact) mass is 479 g/mol. The van der Waals surface area contributed by atoms with E-state index in [1.807, 2.05) is 36.4 Å². The molecule has 0 amide bonds. The lowest BCUT2D eigenvalue weighted by Crippen LogP contribution is -2.36. The molecule has 34 heavy (non-hydrogen) atoms. The fourth-order valence-electron chi connectivity index (χ4n) is 3.77. The topological polar surface area (TPSA) is 95.6 Å². The van der Waals surface area contributed by atoms with Crippen molar-refractivity contribution in [2.75, 3.05) is 40.5 Å². The predicted molar refractivity (Wildman–Crippen MR) is 128 cm³/mol. The van der Waals surface area contributed by atoms with Crippen LogP contribution in [0.3, 0.4) is 0 Å². The second-order valence-corrected chi connectivity index (χ2v) is 8.68.